The Hall–Kier alpha value is -1.34. The van der Waals surface area contributed by atoms with Gasteiger partial charge in [0, 0.05) is 0 Å². The van der Waals surface area contributed by atoms with Gasteiger partial charge in [-0.2, -0.15) is 0 Å². The number of rotatable bonds is 3. The van der Waals surface area contributed by atoms with Crippen molar-refractivity contribution in [1.82, 2.24) is 0 Å². The molecule has 0 heterocycles. The minimum atomic E-state index is -0.641. The number of nitrogens with one attached hydrogen (secondary N) is 1. The first-order valence-corrected chi connectivity index (χ1v) is 7.15. The topological polar surface area (TPSA) is 38.3 Å². The molecule has 1 amide bonds. The van der Waals surface area contributed by atoms with E-state index in [-0.39, 0.29) is 15.2 Å². The smallest absolute Gasteiger partial charge is 0.412 e. The Balaban J connectivity index is 1.97. The molecule has 1 N–H and O–H groups in total. The fourth-order valence-corrected chi connectivity index (χ4v) is 2.16. The first kappa shape index (κ1) is 15.1. The minimum Gasteiger partial charge on any atom is -0.444 e. The number of anilines is 1. The van der Waals surface area contributed by atoms with Crippen LogP contribution in [-0.4, -0.2) is 6.09 Å². The second kappa shape index (κ2) is 6.90. The lowest BCUT2D eigenvalue weighted by atomic mass is 10.2. The van der Waals surface area contributed by atoms with E-state index in [2.05, 4.69) is 5.32 Å². The fraction of sp³-hybridized carbons (Fsp3) is 0.0714. The molecular formula is C14H10ClFINO2. The average molecular weight is 406 g/mol. The number of carbonyl (C=O) groups excluding carboxylic acids is 1. The van der Waals surface area contributed by atoms with E-state index in [4.69, 9.17) is 16.3 Å². The monoisotopic (exact) mass is 405 g/mol. The first-order chi connectivity index (χ1) is 9.58. The van der Waals surface area contributed by atoms with Crippen molar-refractivity contribution in [2.75, 3.05) is 5.32 Å². The van der Waals surface area contributed by atoms with Gasteiger partial charge in [-0.1, -0.05) is 41.9 Å². The zero-order chi connectivity index (χ0) is 14.5. The van der Waals surface area contributed by atoms with E-state index in [9.17, 15) is 9.18 Å². The zero-order valence-corrected chi connectivity index (χ0v) is 13.1. The van der Waals surface area contributed by atoms with E-state index in [1.165, 1.54) is 12.1 Å². The van der Waals surface area contributed by atoms with Crippen molar-refractivity contribution in [3.8, 4) is 0 Å². The normalized spacial score (nSPS) is 10.2. The van der Waals surface area contributed by atoms with Crippen molar-refractivity contribution in [3.63, 3.8) is 0 Å². The molecule has 104 valence electrons. The molecule has 0 unspecified atom stereocenters. The summed E-state index contributed by atoms with van der Waals surface area (Å²) in [5.41, 5.74) is 1.19. The van der Waals surface area contributed by atoms with Crippen molar-refractivity contribution in [2.45, 2.75) is 6.61 Å². The van der Waals surface area contributed by atoms with Crippen LogP contribution in [0.4, 0.5) is 14.9 Å². The summed E-state index contributed by atoms with van der Waals surface area (Å²) in [7, 11) is 0. The molecule has 0 saturated carbocycles. The largest absolute Gasteiger partial charge is 0.444 e. The average Bonchev–Trinajstić information content (AvgIpc) is 2.47. The third-order valence-electron chi connectivity index (χ3n) is 2.48. The van der Waals surface area contributed by atoms with Gasteiger partial charge in [0.2, 0.25) is 0 Å². The molecule has 0 aliphatic rings. The van der Waals surface area contributed by atoms with Crippen molar-refractivity contribution in [2.24, 2.45) is 0 Å². The fourth-order valence-electron chi connectivity index (χ4n) is 1.49. The second-order valence-electron chi connectivity index (χ2n) is 3.91. The maximum Gasteiger partial charge on any atom is 0.412 e. The maximum absolute atomic E-state index is 13.2. The molecule has 0 aliphatic carbocycles. The van der Waals surface area contributed by atoms with Crippen LogP contribution in [0.5, 0.6) is 0 Å². The number of carbonyl (C=O) groups is 1. The minimum absolute atomic E-state index is 0.155. The van der Waals surface area contributed by atoms with E-state index in [1.54, 1.807) is 22.6 Å². The molecule has 0 fully saturated rings. The highest BCUT2D eigenvalue weighted by Crippen LogP contribution is 2.29. The molecule has 2 aromatic carbocycles. The lowest BCUT2D eigenvalue weighted by molar-refractivity contribution is 0.155. The summed E-state index contributed by atoms with van der Waals surface area (Å²) in [5, 5.41) is 2.64. The van der Waals surface area contributed by atoms with Crippen LogP contribution in [0.25, 0.3) is 0 Å². The highest BCUT2D eigenvalue weighted by atomic mass is 127. The van der Waals surface area contributed by atoms with Crippen LogP contribution in [0.3, 0.4) is 0 Å². The van der Waals surface area contributed by atoms with E-state index >= 15 is 0 Å². The Labute approximate surface area is 134 Å². The van der Waals surface area contributed by atoms with Crippen LogP contribution in [-0.2, 0) is 11.3 Å². The Morgan fingerprint density at radius 1 is 1.25 bits per heavy atom. The Morgan fingerprint density at radius 3 is 2.65 bits per heavy atom. The van der Waals surface area contributed by atoms with Gasteiger partial charge in [0.05, 0.1) is 14.3 Å². The highest BCUT2D eigenvalue weighted by Gasteiger charge is 2.12. The molecule has 0 aliphatic heterocycles. The van der Waals surface area contributed by atoms with Crippen molar-refractivity contribution in [1.29, 1.82) is 0 Å². The summed E-state index contributed by atoms with van der Waals surface area (Å²) in [5.74, 6) is -0.432. The van der Waals surface area contributed by atoms with Gasteiger partial charge in [-0.05, 0) is 40.3 Å². The summed E-state index contributed by atoms with van der Waals surface area (Å²) in [6, 6.07) is 11.9. The number of ether oxygens (including phenoxy) is 1. The molecule has 6 heteroatoms. The lowest BCUT2D eigenvalue weighted by Gasteiger charge is -2.09. The van der Waals surface area contributed by atoms with Gasteiger partial charge in [-0.25, -0.2) is 9.18 Å². The summed E-state index contributed by atoms with van der Waals surface area (Å²) >= 11 is 7.71. The lowest BCUT2D eigenvalue weighted by Crippen LogP contribution is -2.14. The molecule has 0 atom stereocenters. The van der Waals surface area contributed by atoms with Gasteiger partial charge in [-0.15, -0.1) is 0 Å². The number of amides is 1. The van der Waals surface area contributed by atoms with Gasteiger partial charge in [0.15, 0.2) is 0 Å². The third-order valence-corrected chi connectivity index (χ3v) is 4.25. The molecule has 0 radical (unpaired) electrons. The predicted octanol–water partition coefficient (Wildman–Crippen LogP) is 4.83. The van der Waals surface area contributed by atoms with E-state index in [0.717, 1.165) is 5.56 Å². The van der Waals surface area contributed by atoms with Gasteiger partial charge < -0.3 is 4.74 Å². The SMILES string of the molecule is O=C(Nc1ccc(F)c(I)c1Cl)OCc1ccccc1. The first-order valence-electron chi connectivity index (χ1n) is 5.69. The highest BCUT2D eigenvalue weighted by molar-refractivity contribution is 14.1. The maximum atomic E-state index is 13.2. The number of hydrogen-bond donors (Lipinski definition) is 1. The summed E-state index contributed by atoms with van der Waals surface area (Å²) in [6.07, 6.45) is -0.641. The van der Waals surface area contributed by atoms with Gasteiger partial charge in [0.1, 0.15) is 12.4 Å². The molecule has 0 bridgehead atoms. The molecule has 2 rings (SSSR count). The Kier molecular flexibility index (Phi) is 5.19. The quantitative estimate of drug-likeness (QED) is 0.587. The Morgan fingerprint density at radius 2 is 1.95 bits per heavy atom. The predicted molar refractivity (Wildman–Crippen MR) is 84.4 cm³/mol. The van der Waals surface area contributed by atoms with E-state index in [1.807, 2.05) is 30.3 Å². The van der Waals surface area contributed by atoms with E-state index < -0.39 is 11.9 Å². The van der Waals surface area contributed by atoms with Crippen molar-refractivity contribution in [3.05, 3.63) is 62.4 Å². The van der Waals surface area contributed by atoms with Crippen LogP contribution in [0.1, 0.15) is 5.56 Å². The molecule has 20 heavy (non-hydrogen) atoms. The molecule has 0 aromatic heterocycles. The number of hydrogen-bond acceptors (Lipinski definition) is 2. The van der Waals surface area contributed by atoms with Crippen LogP contribution in [0.2, 0.25) is 5.02 Å². The molecule has 2 aromatic rings. The van der Waals surface area contributed by atoms with Crippen LogP contribution >= 0.6 is 34.2 Å². The molecular weight excluding hydrogens is 396 g/mol. The number of halogens is 3. The van der Waals surface area contributed by atoms with Crippen LogP contribution < -0.4 is 5.32 Å². The summed E-state index contributed by atoms with van der Waals surface area (Å²) in [4.78, 5) is 11.6. The van der Waals surface area contributed by atoms with Gasteiger partial charge in [-0.3, -0.25) is 5.32 Å². The molecule has 3 nitrogen and oxygen atoms in total. The molecule has 0 saturated heterocycles. The van der Waals surface area contributed by atoms with Gasteiger partial charge in [0.25, 0.3) is 0 Å². The zero-order valence-electron chi connectivity index (χ0n) is 10.2. The second-order valence-corrected chi connectivity index (χ2v) is 5.37. The van der Waals surface area contributed by atoms with E-state index in [0.29, 0.717) is 5.69 Å². The molecule has 0 spiro atoms. The van der Waals surface area contributed by atoms with Crippen molar-refractivity contribution < 1.29 is 13.9 Å². The Bertz CT molecular complexity index is 622. The summed E-state index contributed by atoms with van der Waals surface area (Å²) in [6.45, 7) is 0.155. The third kappa shape index (κ3) is 3.83. The van der Waals surface area contributed by atoms with Crippen molar-refractivity contribution >= 4 is 46.0 Å². The summed E-state index contributed by atoms with van der Waals surface area (Å²) < 4.78 is 18.5. The van der Waals surface area contributed by atoms with Gasteiger partial charge >= 0.3 is 6.09 Å². The number of benzene rings is 2. The van der Waals surface area contributed by atoms with Crippen LogP contribution in [0.15, 0.2) is 42.5 Å². The van der Waals surface area contributed by atoms with Crippen LogP contribution in [0, 0.1) is 9.39 Å². The standard InChI is InChI=1S/C14H10ClFINO2/c15-12-11(7-6-10(16)13(12)17)18-14(19)20-8-9-4-2-1-3-5-9/h1-7H,8H2,(H,18,19).